The average molecular weight is 476 g/mol. The molecule has 3 rings (SSSR count). The molecule has 1 aromatic carbocycles. The van der Waals surface area contributed by atoms with E-state index in [1.807, 2.05) is 20.8 Å². The van der Waals surface area contributed by atoms with Crippen LogP contribution in [0.3, 0.4) is 0 Å². The van der Waals surface area contributed by atoms with Crippen LogP contribution in [0.15, 0.2) is 52.0 Å². The molecule has 180 valence electrons. The van der Waals surface area contributed by atoms with Crippen LogP contribution in [0.1, 0.15) is 44.4 Å². The molecule has 0 saturated carbocycles. The summed E-state index contributed by atoms with van der Waals surface area (Å²) in [5.74, 6) is 0.334. The summed E-state index contributed by atoms with van der Waals surface area (Å²) in [6.45, 7) is 6.96. The van der Waals surface area contributed by atoms with E-state index in [-0.39, 0.29) is 28.5 Å². The fourth-order valence-electron chi connectivity index (χ4n) is 3.96. The third-order valence-corrected chi connectivity index (χ3v) is 7.32. The number of piperidine rings is 1. The number of carbonyl (C=O) groups excluding carboxylic acids is 2. The van der Waals surface area contributed by atoms with Crippen molar-refractivity contribution < 1.29 is 22.4 Å². The molecule has 0 spiro atoms. The average Bonchev–Trinajstić information content (AvgIpc) is 3.30. The van der Waals surface area contributed by atoms with Crippen LogP contribution in [0, 0.1) is 18.8 Å². The second-order valence-corrected chi connectivity index (χ2v) is 10.7. The minimum Gasteiger partial charge on any atom is -0.467 e. The van der Waals surface area contributed by atoms with E-state index in [4.69, 9.17) is 4.42 Å². The Morgan fingerprint density at radius 1 is 1.12 bits per heavy atom. The lowest BCUT2D eigenvalue weighted by Gasteiger charge is -2.34. The molecule has 2 N–H and O–H groups in total. The zero-order valence-corrected chi connectivity index (χ0v) is 20.2. The van der Waals surface area contributed by atoms with Crippen LogP contribution >= 0.6 is 0 Å². The summed E-state index contributed by atoms with van der Waals surface area (Å²) in [4.78, 5) is 27.5. The summed E-state index contributed by atoms with van der Waals surface area (Å²) in [5, 5.41) is 2.87. The number of carbonyl (C=O) groups is 2. The Hall–Kier alpha value is -2.65. The zero-order valence-electron chi connectivity index (χ0n) is 19.4. The Morgan fingerprint density at radius 3 is 2.36 bits per heavy atom. The highest BCUT2D eigenvalue weighted by Crippen LogP contribution is 2.21. The molecular weight excluding hydrogens is 442 g/mol. The molecule has 1 atom stereocenters. The van der Waals surface area contributed by atoms with Gasteiger partial charge in [-0.2, -0.15) is 4.72 Å². The number of hydrogen-bond acceptors (Lipinski definition) is 5. The van der Waals surface area contributed by atoms with Crippen LogP contribution in [0.2, 0.25) is 0 Å². The molecule has 33 heavy (non-hydrogen) atoms. The van der Waals surface area contributed by atoms with Crippen molar-refractivity contribution in [2.24, 2.45) is 11.8 Å². The molecule has 1 aliphatic heterocycles. The van der Waals surface area contributed by atoms with Crippen LogP contribution in [-0.4, -0.2) is 44.3 Å². The highest BCUT2D eigenvalue weighted by Gasteiger charge is 2.33. The fraction of sp³-hybridized carbons (Fsp3) is 0.500. The van der Waals surface area contributed by atoms with E-state index in [0.29, 0.717) is 44.7 Å². The number of amides is 2. The number of hydrogen-bond donors (Lipinski definition) is 2. The van der Waals surface area contributed by atoms with E-state index in [9.17, 15) is 18.0 Å². The second kappa shape index (κ2) is 11.0. The summed E-state index contributed by atoms with van der Waals surface area (Å²) in [5.41, 5.74) is 0.958. The van der Waals surface area contributed by atoms with Crippen molar-refractivity contribution in [1.29, 1.82) is 0 Å². The van der Waals surface area contributed by atoms with Crippen molar-refractivity contribution in [2.75, 3.05) is 13.1 Å². The molecule has 1 unspecified atom stereocenters. The van der Waals surface area contributed by atoms with E-state index in [0.717, 1.165) is 5.56 Å². The van der Waals surface area contributed by atoms with Crippen molar-refractivity contribution in [3.8, 4) is 0 Å². The number of likely N-dealkylation sites (tertiary alicyclic amines) is 1. The largest absolute Gasteiger partial charge is 0.467 e. The quantitative estimate of drug-likeness (QED) is 0.580. The van der Waals surface area contributed by atoms with E-state index < -0.39 is 16.1 Å². The fourth-order valence-corrected chi connectivity index (χ4v) is 5.16. The molecule has 1 aliphatic rings. The first-order valence-corrected chi connectivity index (χ1v) is 12.8. The normalized spacial score (nSPS) is 16.1. The number of rotatable bonds is 9. The minimum atomic E-state index is -3.83. The molecule has 1 saturated heterocycles. The highest BCUT2D eigenvalue weighted by atomic mass is 32.2. The molecule has 8 nitrogen and oxygen atoms in total. The molecule has 0 radical (unpaired) electrons. The first-order chi connectivity index (χ1) is 15.7. The van der Waals surface area contributed by atoms with Gasteiger partial charge in [0.05, 0.1) is 17.7 Å². The molecule has 0 aliphatic carbocycles. The highest BCUT2D eigenvalue weighted by molar-refractivity contribution is 7.89. The summed E-state index contributed by atoms with van der Waals surface area (Å²) in [6, 6.07) is 9.27. The van der Waals surface area contributed by atoms with Gasteiger partial charge in [-0.1, -0.05) is 31.5 Å². The Balaban J connectivity index is 1.59. The summed E-state index contributed by atoms with van der Waals surface area (Å²) in [6.07, 6.45) is 3.03. The van der Waals surface area contributed by atoms with E-state index in [1.54, 1.807) is 47.6 Å². The number of aryl methyl sites for hydroxylation is 1. The topological polar surface area (TPSA) is 109 Å². The molecule has 2 aromatic rings. The number of sulfonamides is 1. The Morgan fingerprint density at radius 2 is 1.79 bits per heavy atom. The zero-order chi connectivity index (χ0) is 24.0. The van der Waals surface area contributed by atoms with Crippen molar-refractivity contribution >= 4 is 21.8 Å². The molecule has 9 heteroatoms. The van der Waals surface area contributed by atoms with Gasteiger partial charge in [-0.15, -0.1) is 0 Å². The van der Waals surface area contributed by atoms with Crippen LogP contribution in [0.4, 0.5) is 0 Å². The van der Waals surface area contributed by atoms with Crippen LogP contribution in [0.25, 0.3) is 0 Å². The minimum absolute atomic E-state index is 0.0581. The van der Waals surface area contributed by atoms with Gasteiger partial charge in [0.15, 0.2) is 0 Å². The van der Waals surface area contributed by atoms with Gasteiger partial charge in [-0.05, 0) is 56.4 Å². The molecule has 1 aromatic heterocycles. The lowest BCUT2D eigenvalue weighted by Crippen LogP contribution is -2.52. The van der Waals surface area contributed by atoms with Gasteiger partial charge in [-0.3, -0.25) is 9.59 Å². The maximum atomic E-state index is 13.2. The SMILES string of the molecule is Cc1ccc(S(=O)(=O)NC(CC(C)C)C(=O)N2CCC(C(=O)NCc3ccco3)CC2)cc1. The summed E-state index contributed by atoms with van der Waals surface area (Å²) in [7, 11) is -3.83. The lowest BCUT2D eigenvalue weighted by atomic mass is 9.94. The van der Waals surface area contributed by atoms with Gasteiger partial charge < -0.3 is 14.6 Å². The van der Waals surface area contributed by atoms with Gasteiger partial charge in [-0.25, -0.2) is 8.42 Å². The van der Waals surface area contributed by atoms with Gasteiger partial charge in [0.1, 0.15) is 11.8 Å². The Bertz CT molecular complexity index is 1020. The lowest BCUT2D eigenvalue weighted by molar-refractivity contribution is -0.137. The first-order valence-electron chi connectivity index (χ1n) is 11.3. The van der Waals surface area contributed by atoms with Crippen molar-refractivity contribution in [3.05, 3.63) is 54.0 Å². The number of nitrogens with one attached hydrogen (secondary N) is 2. The van der Waals surface area contributed by atoms with Gasteiger partial charge in [0, 0.05) is 19.0 Å². The van der Waals surface area contributed by atoms with Gasteiger partial charge in [0.25, 0.3) is 0 Å². The van der Waals surface area contributed by atoms with E-state index in [2.05, 4.69) is 10.0 Å². The van der Waals surface area contributed by atoms with Crippen LogP contribution in [0.5, 0.6) is 0 Å². The Labute approximate surface area is 195 Å². The van der Waals surface area contributed by atoms with E-state index >= 15 is 0 Å². The Kier molecular flexibility index (Phi) is 8.31. The van der Waals surface area contributed by atoms with Crippen molar-refractivity contribution in [1.82, 2.24) is 14.9 Å². The molecule has 0 bridgehead atoms. The molecular formula is C24H33N3O5S. The summed E-state index contributed by atoms with van der Waals surface area (Å²) < 4.78 is 33.6. The molecule has 1 fully saturated rings. The predicted octanol–water partition coefficient (Wildman–Crippen LogP) is 2.84. The smallest absolute Gasteiger partial charge is 0.241 e. The number of furan rings is 1. The maximum absolute atomic E-state index is 13.2. The summed E-state index contributed by atoms with van der Waals surface area (Å²) >= 11 is 0. The van der Waals surface area contributed by atoms with Gasteiger partial charge in [0.2, 0.25) is 21.8 Å². The number of nitrogens with zero attached hydrogens (tertiary/aromatic N) is 1. The van der Waals surface area contributed by atoms with E-state index in [1.165, 1.54) is 0 Å². The third kappa shape index (κ3) is 6.91. The first kappa shape index (κ1) is 25.0. The second-order valence-electron chi connectivity index (χ2n) is 9.01. The van der Waals surface area contributed by atoms with Crippen molar-refractivity contribution in [3.63, 3.8) is 0 Å². The molecule has 2 amide bonds. The maximum Gasteiger partial charge on any atom is 0.241 e. The van der Waals surface area contributed by atoms with Gasteiger partial charge >= 0.3 is 0 Å². The number of benzene rings is 1. The third-order valence-electron chi connectivity index (χ3n) is 5.83. The monoisotopic (exact) mass is 475 g/mol. The predicted molar refractivity (Wildman–Crippen MR) is 125 cm³/mol. The molecule has 2 heterocycles. The van der Waals surface area contributed by atoms with Crippen LogP contribution < -0.4 is 10.0 Å². The van der Waals surface area contributed by atoms with Crippen LogP contribution in [-0.2, 0) is 26.2 Å². The van der Waals surface area contributed by atoms with Crippen molar-refractivity contribution in [2.45, 2.75) is 57.5 Å². The standard InChI is InChI=1S/C24H33N3O5S/c1-17(2)15-22(26-33(30,31)21-8-6-18(3)7-9-21)24(29)27-12-10-19(11-13-27)23(28)25-16-20-5-4-14-32-20/h4-9,14,17,19,22,26H,10-13,15-16H2,1-3H3,(H,25,28).